The predicted octanol–water partition coefficient (Wildman–Crippen LogP) is 3.15. The molecule has 0 bridgehead atoms. The second-order valence-corrected chi connectivity index (χ2v) is 8.26. The fourth-order valence-corrected chi connectivity index (χ4v) is 3.76. The van der Waals surface area contributed by atoms with Crippen molar-refractivity contribution in [1.29, 1.82) is 0 Å². The van der Waals surface area contributed by atoms with Crippen LogP contribution in [0.5, 0.6) is 0 Å². The first-order chi connectivity index (χ1) is 8.99. The molecule has 1 N–H and O–H groups in total. The lowest BCUT2D eigenvalue weighted by atomic mass is 9.75. The van der Waals surface area contributed by atoms with Gasteiger partial charge in [0, 0.05) is 5.92 Å². The standard InChI is InChI=1S/C16H27NO3/c1-14(2,3)20-13(19)17-16(6)8-12-11(15(12,4)5)7-10(16)9-18/h9-12H,7-8H2,1-6H3,(H,17,19). The van der Waals surface area contributed by atoms with E-state index in [-0.39, 0.29) is 5.92 Å². The predicted molar refractivity (Wildman–Crippen MR) is 77.3 cm³/mol. The number of alkyl carbamates (subject to hydrolysis) is 1. The number of rotatable bonds is 2. The highest BCUT2D eigenvalue weighted by atomic mass is 16.6. The third-order valence-corrected chi connectivity index (χ3v) is 5.21. The van der Waals surface area contributed by atoms with E-state index in [9.17, 15) is 9.59 Å². The molecule has 2 aliphatic rings. The maximum Gasteiger partial charge on any atom is 0.408 e. The molecule has 2 saturated carbocycles. The molecule has 0 spiro atoms. The number of nitrogens with one attached hydrogen (secondary N) is 1. The van der Waals surface area contributed by atoms with Gasteiger partial charge in [0.05, 0.1) is 5.54 Å². The molecule has 0 aromatic rings. The molecule has 1 amide bonds. The minimum Gasteiger partial charge on any atom is -0.444 e. The monoisotopic (exact) mass is 281 g/mol. The van der Waals surface area contributed by atoms with E-state index >= 15 is 0 Å². The summed E-state index contributed by atoms with van der Waals surface area (Å²) < 4.78 is 5.33. The molecule has 0 aromatic heterocycles. The van der Waals surface area contributed by atoms with Crippen molar-refractivity contribution in [2.45, 2.75) is 65.5 Å². The molecule has 4 nitrogen and oxygen atoms in total. The van der Waals surface area contributed by atoms with Gasteiger partial charge in [-0.15, -0.1) is 0 Å². The average Bonchev–Trinajstić information content (AvgIpc) is 2.74. The van der Waals surface area contributed by atoms with Gasteiger partial charge in [-0.3, -0.25) is 0 Å². The minimum absolute atomic E-state index is 0.127. The molecule has 0 heterocycles. The first-order valence-electron chi connectivity index (χ1n) is 7.46. The van der Waals surface area contributed by atoms with Crippen molar-refractivity contribution in [3.63, 3.8) is 0 Å². The molecule has 2 rings (SSSR count). The highest BCUT2D eigenvalue weighted by Gasteiger charge is 2.64. The molecule has 4 atom stereocenters. The number of hydrogen-bond donors (Lipinski definition) is 1. The zero-order chi connectivity index (χ0) is 15.3. The van der Waals surface area contributed by atoms with E-state index in [2.05, 4.69) is 19.2 Å². The molecule has 0 aliphatic heterocycles. The van der Waals surface area contributed by atoms with Crippen molar-refractivity contribution in [3.8, 4) is 0 Å². The normalized spacial score (nSPS) is 38.6. The van der Waals surface area contributed by atoms with E-state index in [0.717, 1.165) is 19.1 Å². The Kier molecular flexibility index (Phi) is 3.43. The van der Waals surface area contributed by atoms with E-state index in [1.165, 1.54) is 0 Å². The van der Waals surface area contributed by atoms with E-state index in [1.54, 1.807) is 0 Å². The Morgan fingerprint density at radius 3 is 2.35 bits per heavy atom. The lowest BCUT2D eigenvalue weighted by molar-refractivity contribution is -0.114. The lowest BCUT2D eigenvalue weighted by Crippen LogP contribution is -2.55. The fraction of sp³-hybridized carbons (Fsp3) is 0.875. The molecular weight excluding hydrogens is 254 g/mol. The van der Waals surface area contributed by atoms with Gasteiger partial charge in [-0.1, -0.05) is 13.8 Å². The quantitative estimate of drug-likeness (QED) is 0.791. The zero-order valence-corrected chi connectivity index (χ0v) is 13.4. The summed E-state index contributed by atoms with van der Waals surface area (Å²) in [6, 6.07) is 0. The summed E-state index contributed by atoms with van der Waals surface area (Å²) in [5, 5.41) is 2.96. The van der Waals surface area contributed by atoms with Crippen LogP contribution in [0.25, 0.3) is 0 Å². The van der Waals surface area contributed by atoms with Crippen LogP contribution in [0.1, 0.15) is 54.4 Å². The van der Waals surface area contributed by atoms with Crippen molar-refractivity contribution < 1.29 is 14.3 Å². The number of aldehydes is 1. The first-order valence-corrected chi connectivity index (χ1v) is 7.46. The fourth-order valence-electron chi connectivity index (χ4n) is 3.76. The Balaban J connectivity index is 2.08. The number of carbonyl (C=O) groups is 2. The van der Waals surface area contributed by atoms with Gasteiger partial charge in [-0.2, -0.15) is 0 Å². The largest absolute Gasteiger partial charge is 0.444 e. The topological polar surface area (TPSA) is 55.4 Å². The van der Waals surface area contributed by atoms with Crippen LogP contribution in [-0.2, 0) is 9.53 Å². The van der Waals surface area contributed by atoms with Crippen LogP contribution >= 0.6 is 0 Å². The van der Waals surface area contributed by atoms with Gasteiger partial charge in [-0.25, -0.2) is 4.79 Å². The maximum atomic E-state index is 12.0. The van der Waals surface area contributed by atoms with Crippen molar-refractivity contribution in [1.82, 2.24) is 5.32 Å². The maximum absolute atomic E-state index is 12.0. The Bertz CT molecular complexity index is 424. The number of carbonyl (C=O) groups excluding carboxylic acids is 2. The number of amides is 1. The Morgan fingerprint density at radius 1 is 1.25 bits per heavy atom. The van der Waals surface area contributed by atoms with Crippen LogP contribution in [0.2, 0.25) is 0 Å². The molecular formula is C16H27NO3. The average molecular weight is 281 g/mol. The number of fused-ring (bicyclic) bond motifs is 1. The molecule has 2 fully saturated rings. The second kappa shape index (κ2) is 4.47. The molecule has 4 unspecified atom stereocenters. The van der Waals surface area contributed by atoms with Gasteiger partial charge in [-0.05, 0) is 57.8 Å². The van der Waals surface area contributed by atoms with Crippen LogP contribution in [0.4, 0.5) is 4.79 Å². The molecule has 2 aliphatic carbocycles. The molecule has 114 valence electrons. The number of hydrogen-bond acceptors (Lipinski definition) is 3. The minimum atomic E-state index is -0.521. The SMILES string of the molecule is CC(C)(C)OC(=O)NC1(C)CC2C(CC1C=O)C2(C)C. The Morgan fingerprint density at radius 2 is 1.85 bits per heavy atom. The Labute approximate surface area is 121 Å². The molecule has 0 saturated heterocycles. The summed E-state index contributed by atoms with van der Waals surface area (Å²) in [6.07, 6.45) is 2.30. The zero-order valence-electron chi connectivity index (χ0n) is 13.4. The highest BCUT2D eigenvalue weighted by Crippen LogP contribution is 2.67. The van der Waals surface area contributed by atoms with Crippen LogP contribution in [0.15, 0.2) is 0 Å². The summed E-state index contributed by atoms with van der Waals surface area (Å²) >= 11 is 0. The van der Waals surface area contributed by atoms with Gasteiger partial charge in [0.25, 0.3) is 0 Å². The second-order valence-electron chi connectivity index (χ2n) is 8.26. The van der Waals surface area contributed by atoms with E-state index in [0.29, 0.717) is 17.3 Å². The molecule has 4 heteroatoms. The smallest absolute Gasteiger partial charge is 0.408 e. The summed E-state index contributed by atoms with van der Waals surface area (Å²) in [5.74, 6) is 1.09. The van der Waals surface area contributed by atoms with Crippen molar-refractivity contribution in [2.24, 2.45) is 23.2 Å². The van der Waals surface area contributed by atoms with Gasteiger partial charge in [0.2, 0.25) is 0 Å². The number of ether oxygens (including phenoxy) is 1. The van der Waals surface area contributed by atoms with Crippen molar-refractivity contribution >= 4 is 12.4 Å². The van der Waals surface area contributed by atoms with Gasteiger partial charge in [0.15, 0.2) is 0 Å². The first kappa shape index (κ1) is 15.3. The molecule has 0 aromatic carbocycles. The van der Waals surface area contributed by atoms with Crippen LogP contribution < -0.4 is 5.32 Å². The van der Waals surface area contributed by atoms with Crippen molar-refractivity contribution in [3.05, 3.63) is 0 Å². The van der Waals surface area contributed by atoms with Crippen LogP contribution in [-0.4, -0.2) is 23.5 Å². The third-order valence-electron chi connectivity index (χ3n) is 5.21. The van der Waals surface area contributed by atoms with Gasteiger partial charge >= 0.3 is 6.09 Å². The Hall–Kier alpha value is -1.06. The van der Waals surface area contributed by atoms with E-state index in [1.807, 2.05) is 27.7 Å². The summed E-state index contributed by atoms with van der Waals surface area (Å²) in [4.78, 5) is 23.5. The van der Waals surface area contributed by atoms with Crippen LogP contribution in [0, 0.1) is 23.2 Å². The summed E-state index contributed by atoms with van der Waals surface area (Å²) in [7, 11) is 0. The molecule has 20 heavy (non-hydrogen) atoms. The summed E-state index contributed by atoms with van der Waals surface area (Å²) in [5.41, 5.74) is -0.708. The van der Waals surface area contributed by atoms with Gasteiger partial charge in [0.1, 0.15) is 11.9 Å². The summed E-state index contributed by atoms with van der Waals surface area (Å²) in [6.45, 7) is 12.0. The van der Waals surface area contributed by atoms with Crippen molar-refractivity contribution in [2.75, 3.05) is 0 Å². The molecule has 0 radical (unpaired) electrons. The highest BCUT2D eigenvalue weighted by molar-refractivity contribution is 5.70. The lowest BCUT2D eigenvalue weighted by Gasteiger charge is -2.39. The third kappa shape index (κ3) is 2.70. The van der Waals surface area contributed by atoms with Crippen LogP contribution in [0.3, 0.4) is 0 Å². The van der Waals surface area contributed by atoms with Gasteiger partial charge < -0.3 is 14.8 Å². The van der Waals surface area contributed by atoms with E-state index < -0.39 is 17.2 Å². The van der Waals surface area contributed by atoms with E-state index in [4.69, 9.17) is 4.74 Å².